The third kappa shape index (κ3) is 6.32. The Balaban J connectivity index is 3.57. The number of rotatable bonds is 8. The van der Waals surface area contributed by atoms with Gasteiger partial charge in [0.05, 0.1) is 19.3 Å². The van der Waals surface area contributed by atoms with Crippen LogP contribution in [0.15, 0.2) is 0 Å². The highest BCUT2D eigenvalue weighted by atomic mass is 16.5. The zero-order valence-corrected chi connectivity index (χ0v) is 9.36. The molecule has 0 aromatic carbocycles. The van der Waals surface area contributed by atoms with Crippen molar-refractivity contribution >= 4 is 0 Å². The minimum atomic E-state index is -0.497. The molecule has 86 valence electrons. The monoisotopic (exact) mass is 205 g/mol. The summed E-state index contributed by atoms with van der Waals surface area (Å²) in [6.45, 7) is 7.48. The molecule has 3 N–H and O–H groups in total. The maximum atomic E-state index is 9.44. The molecule has 0 fully saturated rings. The van der Waals surface area contributed by atoms with E-state index in [1.807, 2.05) is 20.8 Å². The number of aliphatic hydroxyl groups is 2. The Hall–Kier alpha value is -0.160. The summed E-state index contributed by atoms with van der Waals surface area (Å²) in [7, 11) is 0. The second-order valence-electron chi connectivity index (χ2n) is 3.75. The molecule has 0 aromatic heterocycles. The summed E-state index contributed by atoms with van der Waals surface area (Å²) in [6, 6.07) is 0.0475. The Bertz CT molecular complexity index is 131. The van der Waals surface area contributed by atoms with Gasteiger partial charge >= 0.3 is 0 Å². The first-order valence-electron chi connectivity index (χ1n) is 5.21. The topological polar surface area (TPSA) is 61.7 Å². The Morgan fingerprint density at radius 1 is 1.36 bits per heavy atom. The van der Waals surface area contributed by atoms with Crippen molar-refractivity contribution < 1.29 is 14.9 Å². The lowest BCUT2D eigenvalue weighted by atomic mass is 10.1. The zero-order valence-electron chi connectivity index (χ0n) is 9.36. The number of ether oxygens (including phenoxy) is 1. The highest BCUT2D eigenvalue weighted by Crippen LogP contribution is 2.00. The van der Waals surface area contributed by atoms with Gasteiger partial charge in [-0.1, -0.05) is 13.8 Å². The summed E-state index contributed by atoms with van der Waals surface area (Å²) in [5.74, 6) is 0.360. The van der Waals surface area contributed by atoms with Gasteiger partial charge in [-0.2, -0.15) is 0 Å². The molecule has 0 saturated carbocycles. The molecule has 4 heteroatoms. The molecule has 0 aliphatic carbocycles. The van der Waals surface area contributed by atoms with E-state index in [-0.39, 0.29) is 12.6 Å². The van der Waals surface area contributed by atoms with Gasteiger partial charge in [-0.15, -0.1) is 0 Å². The van der Waals surface area contributed by atoms with Crippen molar-refractivity contribution in [2.75, 3.05) is 26.4 Å². The van der Waals surface area contributed by atoms with Gasteiger partial charge in [-0.3, -0.25) is 0 Å². The Kier molecular flexibility index (Phi) is 8.08. The minimum absolute atomic E-state index is 0.0475. The summed E-state index contributed by atoms with van der Waals surface area (Å²) in [4.78, 5) is 0. The molecule has 0 aromatic rings. The lowest BCUT2D eigenvalue weighted by molar-refractivity contribution is 0.0388. The smallest absolute Gasteiger partial charge is 0.0897 e. The average Bonchev–Trinajstić information content (AvgIpc) is 2.15. The maximum absolute atomic E-state index is 9.44. The molecule has 4 nitrogen and oxygen atoms in total. The van der Waals surface area contributed by atoms with Crippen LogP contribution in [-0.4, -0.2) is 48.7 Å². The molecule has 0 saturated heterocycles. The molecule has 0 aliphatic heterocycles. The molecule has 14 heavy (non-hydrogen) atoms. The van der Waals surface area contributed by atoms with E-state index < -0.39 is 6.10 Å². The van der Waals surface area contributed by atoms with Crippen molar-refractivity contribution in [1.82, 2.24) is 5.32 Å². The SMILES string of the molecule is CCOCC(O)CNC(CO)C(C)C. The first kappa shape index (κ1) is 13.8. The molecule has 0 bridgehead atoms. The van der Waals surface area contributed by atoms with Crippen LogP contribution >= 0.6 is 0 Å². The van der Waals surface area contributed by atoms with Gasteiger partial charge in [0, 0.05) is 19.2 Å². The Morgan fingerprint density at radius 2 is 2.00 bits per heavy atom. The highest BCUT2D eigenvalue weighted by molar-refractivity contribution is 4.71. The van der Waals surface area contributed by atoms with E-state index in [1.54, 1.807) is 0 Å². The molecule has 0 rings (SSSR count). The second-order valence-corrected chi connectivity index (χ2v) is 3.75. The van der Waals surface area contributed by atoms with Crippen LogP contribution in [0.5, 0.6) is 0 Å². The first-order valence-corrected chi connectivity index (χ1v) is 5.21. The van der Waals surface area contributed by atoms with Crippen molar-refractivity contribution in [2.24, 2.45) is 5.92 Å². The van der Waals surface area contributed by atoms with E-state index in [0.29, 0.717) is 25.7 Å². The fourth-order valence-electron chi connectivity index (χ4n) is 1.11. The third-order valence-corrected chi connectivity index (χ3v) is 2.13. The van der Waals surface area contributed by atoms with Crippen molar-refractivity contribution in [1.29, 1.82) is 0 Å². The lowest BCUT2D eigenvalue weighted by Gasteiger charge is -2.21. The lowest BCUT2D eigenvalue weighted by Crippen LogP contribution is -2.42. The number of hydrogen-bond donors (Lipinski definition) is 3. The molecule has 0 aliphatic rings. The van der Waals surface area contributed by atoms with Gasteiger partial charge in [0.2, 0.25) is 0 Å². The molecular weight excluding hydrogens is 182 g/mol. The van der Waals surface area contributed by atoms with Crippen molar-refractivity contribution in [2.45, 2.75) is 32.9 Å². The first-order chi connectivity index (χ1) is 6.61. The predicted octanol–water partition coefficient (Wildman–Crippen LogP) is -0.00970. The third-order valence-electron chi connectivity index (χ3n) is 2.13. The van der Waals surface area contributed by atoms with E-state index in [1.165, 1.54) is 0 Å². The van der Waals surface area contributed by atoms with Crippen LogP contribution < -0.4 is 5.32 Å². The Morgan fingerprint density at radius 3 is 2.43 bits per heavy atom. The van der Waals surface area contributed by atoms with Crippen molar-refractivity contribution in [3.63, 3.8) is 0 Å². The van der Waals surface area contributed by atoms with Crippen LogP contribution in [0, 0.1) is 5.92 Å². The van der Waals surface area contributed by atoms with E-state index in [9.17, 15) is 5.11 Å². The summed E-state index contributed by atoms with van der Waals surface area (Å²) >= 11 is 0. The van der Waals surface area contributed by atoms with Crippen LogP contribution in [0.25, 0.3) is 0 Å². The minimum Gasteiger partial charge on any atom is -0.395 e. The van der Waals surface area contributed by atoms with Gasteiger partial charge < -0.3 is 20.3 Å². The maximum Gasteiger partial charge on any atom is 0.0897 e. The number of aliphatic hydroxyl groups excluding tert-OH is 2. The fourth-order valence-corrected chi connectivity index (χ4v) is 1.11. The molecule has 0 radical (unpaired) electrons. The van der Waals surface area contributed by atoms with Crippen molar-refractivity contribution in [3.05, 3.63) is 0 Å². The quantitative estimate of drug-likeness (QED) is 0.521. The predicted molar refractivity (Wildman–Crippen MR) is 56.2 cm³/mol. The molecule has 0 heterocycles. The van der Waals surface area contributed by atoms with E-state index in [2.05, 4.69) is 5.32 Å². The van der Waals surface area contributed by atoms with Gasteiger partial charge in [-0.05, 0) is 12.8 Å². The van der Waals surface area contributed by atoms with E-state index in [4.69, 9.17) is 9.84 Å². The van der Waals surface area contributed by atoms with Crippen LogP contribution in [0.1, 0.15) is 20.8 Å². The van der Waals surface area contributed by atoms with Crippen LogP contribution in [0.2, 0.25) is 0 Å². The van der Waals surface area contributed by atoms with E-state index >= 15 is 0 Å². The van der Waals surface area contributed by atoms with Gasteiger partial charge in [0.25, 0.3) is 0 Å². The normalized spacial score (nSPS) is 15.9. The summed E-state index contributed by atoms with van der Waals surface area (Å²) in [5.41, 5.74) is 0. The van der Waals surface area contributed by atoms with E-state index in [0.717, 1.165) is 0 Å². The number of hydrogen-bond acceptors (Lipinski definition) is 4. The standard InChI is InChI=1S/C10H23NO3/c1-4-14-7-9(13)5-11-10(6-12)8(2)3/h8-13H,4-7H2,1-3H3. The number of nitrogens with one attached hydrogen (secondary N) is 1. The molecular formula is C10H23NO3. The summed E-state index contributed by atoms with van der Waals surface area (Å²) in [5, 5.41) is 21.5. The van der Waals surface area contributed by atoms with Gasteiger partial charge in [0.15, 0.2) is 0 Å². The highest BCUT2D eigenvalue weighted by Gasteiger charge is 2.13. The summed E-state index contributed by atoms with van der Waals surface area (Å²) in [6.07, 6.45) is -0.497. The van der Waals surface area contributed by atoms with Crippen LogP contribution in [0.3, 0.4) is 0 Å². The summed E-state index contributed by atoms with van der Waals surface area (Å²) < 4.78 is 5.07. The molecule has 0 spiro atoms. The largest absolute Gasteiger partial charge is 0.395 e. The molecule has 2 unspecified atom stereocenters. The zero-order chi connectivity index (χ0) is 11.0. The second kappa shape index (κ2) is 8.17. The van der Waals surface area contributed by atoms with Crippen LogP contribution in [0.4, 0.5) is 0 Å². The van der Waals surface area contributed by atoms with Gasteiger partial charge in [0.1, 0.15) is 0 Å². The molecule has 2 atom stereocenters. The van der Waals surface area contributed by atoms with Gasteiger partial charge in [-0.25, -0.2) is 0 Å². The Labute approximate surface area is 86.3 Å². The molecule has 0 amide bonds. The average molecular weight is 205 g/mol. The van der Waals surface area contributed by atoms with Crippen molar-refractivity contribution in [3.8, 4) is 0 Å². The van der Waals surface area contributed by atoms with Crippen LogP contribution in [-0.2, 0) is 4.74 Å². The fraction of sp³-hybridized carbons (Fsp3) is 1.00.